The molecule has 306 valence electrons. The van der Waals surface area contributed by atoms with Gasteiger partial charge in [-0.1, -0.05) is 134 Å². The third-order valence-corrected chi connectivity index (χ3v) is 11.3. The van der Waals surface area contributed by atoms with E-state index in [-0.39, 0.29) is 37.0 Å². The fourth-order valence-corrected chi connectivity index (χ4v) is 8.28. The van der Waals surface area contributed by atoms with Gasteiger partial charge >= 0.3 is 0 Å². The van der Waals surface area contributed by atoms with Crippen LogP contribution in [0.3, 0.4) is 0 Å². The van der Waals surface area contributed by atoms with Crippen LogP contribution >= 0.6 is 0 Å². The van der Waals surface area contributed by atoms with Gasteiger partial charge in [-0.05, 0) is 73.6 Å². The fraction of sp³-hybridized carbons (Fsp3) is 0.417. The minimum atomic E-state index is -0.0464. The first-order valence-electron chi connectivity index (χ1n) is 21.3. The zero-order chi connectivity index (χ0) is 40.4. The van der Waals surface area contributed by atoms with E-state index in [9.17, 15) is 9.59 Å². The lowest BCUT2D eigenvalue weighted by atomic mass is 10.0. The van der Waals surface area contributed by atoms with Gasteiger partial charge < -0.3 is 30.2 Å². The van der Waals surface area contributed by atoms with Crippen LogP contribution in [0, 0.1) is 10.8 Å². The van der Waals surface area contributed by atoms with Crippen molar-refractivity contribution in [2.45, 2.75) is 76.3 Å². The first-order chi connectivity index (χ1) is 28.4. The highest BCUT2D eigenvalue weighted by molar-refractivity contribution is 5.87. The predicted octanol–water partition coefficient (Wildman–Crippen LogP) is 6.37. The second-order valence-electron chi connectivity index (χ2n) is 15.8. The highest BCUT2D eigenvalue weighted by Crippen LogP contribution is 2.22. The van der Waals surface area contributed by atoms with E-state index in [1.807, 2.05) is 34.1 Å². The number of aryl methyl sites for hydroxylation is 2. The Hall–Kier alpha value is -5.64. The quantitative estimate of drug-likeness (QED) is 0.0650. The molecule has 2 amide bonds. The zero-order valence-corrected chi connectivity index (χ0v) is 34.0. The maximum Gasteiger partial charge on any atom is 0.239 e. The number of unbranched alkanes of at least 4 members (excludes halogenated alkanes) is 3. The summed E-state index contributed by atoms with van der Waals surface area (Å²) in [6.45, 7) is 4.49. The van der Waals surface area contributed by atoms with E-state index in [1.54, 1.807) is 0 Å². The molecule has 2 saturated heterocycles. The van der Waals surface area contributed by atoms with Gasteiger partial charge in [0.2, 0.25) is 11.8 Å². The summed E-state index contributed by atoms with van der Waals surface area (Å²) in [4.78, 5) is 34.2. The lowest BCUT2D eigenvalue weighted by Gasteiger charge is -2.25. The SMILES string of the molecule is N=C1N(CC(=O)NCCCCCCNC(=O)CN2C[C@H](Cc3ccccc3)N(CCCc3ccccc3)C2=N)C[C@H](Cc2ccccc2)N1CCCc1ccccc1. The average Bonchev–Trinajstić information content (AvgIpc) is 3.69. The van der Waals surface area contributed by atoms with Crippen LogP contribution in [0.4, 0.5) is 0 Å². The molecular formula is C48H62N8O2. The van der Waals surface area contributed by atoms with Crippen LogP contribution in [-0.4, -0.2) is 108 Å². The number of benzene rings is 4. The maximum absolute atomic E-state index is 13.0. The third kappa shape index (κ3) is 12.9. The smallest absolute Gasteiger partial charge is 0.239 e. The Kier molecular flexibility index (Phi) is 16.2. The molecule has 0 radical (unpaired) electrons. The van der Waals surface area contributed by atoms with Gasteiger partial charge in [-0.15, -0.1) is 0 Å². The normalized spacial score (nSPS) is 16.6. The van der Waals surface area contributed by atoms with Gasteiger partial charge in [0, 0.05) is 39.3 Å². The van der Waals surface area contributed by atoms with Crippen molar-refractivity contribution < 1.29 is 9.59 Å². The number of nitrogens with zero attached hydrogens (tertiary/aromatic N) is 4. The molecule has 4 N–H and O–H groups in total. The van der Waals surface area contributed by atoms with Gasteiger partial charge in [0.05, 0.1) is 25.2 Å². The Labute approximate surface area is 345 Å². The summed E-state index contributed by atoms with van der Waals surface area (Å²) >= 11 is 0. The highest BCUT2D eigenvalue weighted by Gasteiger charge is 2.36. The van der Waals surface area contributed by atoms with Crippen LogP contribution in [0.5, 0.6) is 0 Å². The van der Waals surface area contributed by atoms with Crippen molar-refractivity contribution in [3.8, 4) is 0 Å². The molecule has 2 heterocycles. The summed E-state index contributed by atoms with van der Waals surface area (Å²) in [5.41, 5.74) is 5.10. The number of hydrogen-bond acceptors (Lipinski definition) is 4. The average molecular weight is 783 g/mol. The van der Waals surface area contributed by atoms with Crippen LogP contribution in [0.15, 0.2) is 121 Å². The number of nitrogens with one attached hydrogen (secondary N) is 4. The van der Waals surface area contributed by atoms with Crippen molar-refractivity contribution in [3.63, 3.8) is 0 Å². The molecule has 10 nitrogen and oxygen atoms in total. The van der Waals surface area contributed by atoms with Crippen LogP contribution in [0.1, 0.15) is 60.8 Å². The fourth-order valence-electron chi connectivity index (χ4n) is 8.28. The number of hydrogen-bond donors (Lipinski definition) is 4. The minimum Gasteiger partial charge on any atom is -0.355 e. The van der Waals surface area contributed by atoms with Gasteiger partial charge in [-0.2, -0.15) is 0 Å². The van der Waals surface area contributed by atoms with Crippen molar-refractivity contribution in [2.75, 3.05) is 52.4 Å². The number of carbonyl (C=O) groups excluding carboxylic acids is 2. The standard InChI is InChI=1S/C48H62N8O2/c49-47-53(35-43(33-41-23-11-5-12-24-41)55(47)31-17-27-39-19-7-3-8-20-39)37-45(57)51-29-15-1-2-16-30-52-46(58)38-54-36-44(34-42-25-13-6-14-26-42)56(48(54)50)32-18-28-40-21-9-4-10-22-40/h3-14,19-26,43-44,49-50H,1-2,15-18,27-38H2,(H,51,57)(H,52,58)/t43-,44-/m0/s1. The van der Waals surface area contributed by atoms with Gasteiger partial charge in [0.25, 0.3) is 0 Å². The summed E-state index contributed by atoms with van der Waals surface area (Å²) in [6, 6.07) is 42.1. The second-order valence-corrected chi connectivity index (χ2v) is 15.8. The largest absolute Gasteiger partial charge is 0.355 e. The summed E-state index contributed by atoms with van der Waals surface area (Å²) in [5.74, 6) is 0.788. The van der Waals surface area contributed by atoms with Crippen LogP contribution < -0.4 is 10.6 Å². The number of guanidine groups is 2. The second kappa shape index (κ2) is 22.3. The molecule has 0 saturated carbocycles. The Bertz CT molecular complexity index is 1720. The van der Waals surface area contributed by atoms with E-state index in [0.29, 0.717) is 38.1 Å². The maximum atomic E-state index is 13.0. The highest BCUT2D eigenvalue weighted by atomic mass is 16.2. The monoisotopic (exact) mass is 782 g/mol. The Morgan fingerprint density at radius 3 is 1.19 bits per heavy atom. The van der Waals surface area contributed by atoms with Crippen molar-refractivity contribution in [3.05, 3.63) is 144 Å². The first-order valence-corrected chi connectivity index (χ1v) is 21.3. The van der Waals surface area contributed by atoms with Gasteiger partial charge in [-0.3, -0.25) is 20.4 Å². The molecule has 58 heavy (non-hydrogen) atoms. The van der Waals surface area contributed by atoms with Crippen molar-refractivity contribution in [1.29, 1.82) is 10.8 Å². The van der Waals surface area contributed by atoms with Crippen molar-refractivity contribution >= 4 is 23.7 Å². The van der Waals surface area contributed by atoms with Crippen LogP contribution in [0.25, 0.3) is 0 Å². The Morgan fingerprint density at radius 2 is 0.828 bits per heavy atom. The van der Waals surface area contributed by atoms with Crippen LogP contribution in [-0.2, 0) is 35.3 Å². The molecule has 10 heteroatoms. The molecule has 0 bridgehead atoms. The van der Waals surface area contributed by atoms with Crippen molar-refractivity contribution in [2.24, 2.45) is 0 Å². The number of amides is 2. The summed E-state index contributed by atoms with van der Waals surface area (Å²) < 4.78 is 0. The zero-order valence-electron chi connectivity index (χ0n) is 34.0. The topological polar surface area (TPSA) is 119 Å². The van der Waals surface area contributed by atoms with Crippen molar-refractivity contribution in [1.82, 2.24) is 30.2 Å². The lowest BCUT2D eigenvalue weighted by Crippen LogP contribution is -2.41. The van der Waals surface area contributed by atoms with Gasteiger partial charge in [-0.25, -0.2) is 0 Å². The summed E-state index contributed by atoms with van der Waals surface area (Å²) in [7, 11) is 0. The number of rotatable bonds is 23. The molecule has 6 rings (SSSR count). The molecule has 0 aromatic heterocycles. The number of carbonyl (C=O) groups is 2. The Morgan fingerprint density at radius 1 is 0.483 bits per heavy atom. The molecular weight excluding hydrogens is 721 g/mol. The first kappa shape index (κ1) is 42.0. The minimum absolute atomic E-state index is 0.0464. The van der Waals surface area contributed by atoms with E-state index in [0.717, 1.165) is 77.3 Å². The molecule has 4 aromatic rings. The molecule has 0 unspecified atom stereocenters. The lowest BCUT2D eigenvalue weighted by molar-refractivity contribution is -0.122. The van der Waals surface area contributed by atoms with E-state index in [4.69, 9.17) is 10.8 Å². The van der Waals surface area contributed by atoms with Crippen LogP contribution in [0.2, 0.25) is 0 Å². The Balaban J connectivity index is 0.861. The summed E-state index contributed by atoms with van der Waals surface area (Å²) in [6.07, 6.45) is 9.18. The molecule has 2 aliphatic heterocycles. The summed E-state index contributed by atoms with van der Waals surface area (Å²) in [5, 5.41) is 24.1. The van der Waals surface area contributed by atoms with E-state index in [1.165, 1.54) is 22.3 Å². The third-order valence-electron chi connectivity index (χ3n) is 11.3. The van der Waals surface area contributed by atoms with E-state index < -0.39 is 0 Å². The van der Waals surface area contributed by atoms with Gasteiger partial charge in [0.15, 0.2) is 11.9 Å². The molecule has 2 atom stereocenters. The molecule has 2 fully saturated rings. The predicted molar refractivity (Wildman–Crippen MR) is 234 cm³/mol. The molecule has 2 aliphatic rings. The molecule has 4 aromatic carbocycles. The van der Waals surface area contributed by atoms with E-state index in [2.05, 4.69) is 117 Å². The van der Waals surface area contributed by atoms with E-state index >= 15 is 0 Å². The van der Waals surface area contributed by atoms with Gasteiger partial charge in [0.1, 0.15) is 0 Å². The molecule has 0 aliphatic carbocycles. The molecule has 0 spiro atoms.